The second-order valence-electron chi connectivity index (χ2n) is 4.05. The van der Waals surface area contributed by atoms with Gasteiger partial charge in [-0.25, -0.2) is 4.39 Å². The van der Waals surface area contributed by atoms with Crippen LogP contribution in [0.25, 0.3) is 0 Å². The molecule has 2 aromatic carbocycles. The highest BCUT2D eigenvalue weighted by Gasteiger charge is 2.09. The maximum Gasteiger partial charge on any atom is 0.228 e. The quantitative estimate of drug-likeness (QED) is 0.847. The molecule has 2 rings (SSSR count). The number of nitrogens with two attached hydrogens (primary N) is 1. The van der Waals surface area contributed by atoms with E-state index in [1.165, 1.54) is 18.2 Å². The van der Waals surface area contributed by atoms with Crippen LogP contribution in [0.5, 0.6) is 0 Å². The Kier molecular flexibility index (Phi) is 4.02. The molecule has 5 heteroatoms. The number of amides is 1. The molecule has 0 aliphatic carbocycles. The van der Waals surface area contributed by atoms with Gasteiger partial charge in [0.25, 0.3) is 0 Å². The van der Waals surface area contributed by atoms with Gasteiger partial charge in [0.15, 0.2) is 0 Å². The van der Waals surface area contributed by atoms with Gasteiger partial charge < -0.3 is 11.1 Å². The minimum absolute atomic E-state index is 0.107. The molecule has 0 atom stereocenters. The van der Waals surface area contributed by atoms with Crippen molar-refractivity contribution in [1.82, 2.24) is 0 Å². The van der Waals surface area contributed by atoms with Crippen molar-refractivity contribution in [2.24, 2.45) is 0 Å². The normalized spacial score (nSPS) is 10.2. The summed E-state index contributed by atoms with van der Waals surface area (Å²) in [6, 6.07) is 10.9. The third-order valence-electron chi connectivity index (χ3n) is 2.60. The molecule has 0 saturated heterocycles. The van der Waals surface area contributed by atoms with Crippen LogP contribution in [0.2, 0.25) is 5.02 Å². The van der Waals surface area contributed by atoms with E-state index in [0.717, 1.165) is 0 Å². The van der Waals surface area contributed by atoms with E-state index in [0.29, 0.717) is 16.3 Å². The molecule has 0 spiro atoms. The van der Waals surface area contributed by atoms with Crippen molar-refractivity contribution >= 4 is 28.9 Å². The lowest BCUT2D eigenvalue weighted by Crippen LogP contribution is -2.15. The molecule has 0 unspecified atom stereocenters. The number of nitrogens with one attached hydrogen (secondary N) is 1. The van der Waals surface area contributed by atoms with E-state index >= 15 is 0 Å². The fourth-order valence-electron chi connectivity index (χ4n) is 1.65. The van der Waals surface area contributed by atoms with E-state index < -0.39 is 5.82 Å². The third kappa shape index (κ3) is 3.45. The molecule has 1 amide bonds. The van der Waals surface area contributed by atoms with Gasteiger partial charge in [-0.1, -0.05) is 29.8 Å². The molecule has 0 heterocycles. The first kappa shape index (κ1) is 13.4. The van der Waals surface area contributed by atoms with Gasteiger partial charge >= 0.3 is 0 Å². The van der Waals surface area contributed by atoms with Crippen molar-refractivity contribution in [3.05, 3.63) is 58.9 Å². The molecular weight excluding hydrogens is 267 g/mol. The number of carbonyl (C=O) groups is 1. The van der Waals surface area contributed by atoms with Crippen LogP contribution in [0, 0.1) is 5.82 Å². The first-order valence-corrected chi connectivity index (χ1v) is 6.02. The van der Waals surface area contributed by atoms with E-state index in [1.54, 1.807) is 24.3 Å². The summed E-state index contributed by atoms with van der Waals surface area (Å²) in [5, 5.41) is 3.08. The van der Waals surface area contributed by atoms with Gasteiger partial charge in [0.2, 0.25) is 5.91 Å². The predicted octanol–water partition coefficient (Wildman–Crippen LogP) is 3.24. The van der Waals surface area contributed by atoms with Gasteiger partial charge in [-0.05, 0) is 29.8 Å². The molecule has 0 aliphatic heterocycles. The number of benzene rings is 2. The van der Waals surface area contributed by atoms with Crippen LogP contribution < -0.4 is 11.1 Å². The maximum absolute atomic E-state index is 13.1. The first-order chi connectivity index (χ1) is 9.06. The minimum atomic E-state index is -0.456. The smallest absolute Gasteiger partial charge is 0.228 e. The third-order valence-corrected chi connectivity index (χ3v) is 2.97. The van der Waals surface area contributed by atoms with Crippen LogP contribution in [0.3, 0.4) is 0 Å². The molecule has 0 bridgehead atoms. The van der Waals surface area contributed by atoms with Crippen molar-refractivity contribution in [2.45, 2.75) is 6.42 Å². The number of anilines is 2. The molecule has 0 aromatic heterocycles. The van der Waals surface area contributed by atoms with Crippen LogP contribution in [0.1, 0.15) is 5.56 Å². The number of hydrogen-bond acceptors (Lipinski definition) is 2. The average molecular weight is 279 g/mol. The van der Waals surface area contributed by atoms with E-state index in [1.807, 2.05) is 0 Å². The summed E-state index contributed by atoms with van der Waals surface area (Å²) < 4.78 is 13.1. The lowest BCUT2D eigenvalue weighted by Gasteiger charge is -2.09. The molecule has 98 valence electrons. The van der Waals surface area contributed by atoms with Crippen LogP contribution in [0.15, 0.2) is 42.5 Å². The molecule has 2 aromatic rings. The highest BCUT2D eigenvalue weighted by Crippen LogP contribution is 2.20. The number of hydrogen-bond donors (Lipinski definition) is 2. The Morgan fingerprint density at radius 1 is 1.26 bits per heavy atom. The Labute approximate surface area is 115 Å². The molecular formula is C14H12ClFN2O. The Hall–Kier alpha value is -2.07. The maximum atomic E-state index is 13.1. The average Bonchev–Trinajstić information content (AvgIpc) is 2.37. The van der Waals surface area contributed by atoms with Gasteiger partial charge in [-0.2, -0.15) is 0 Å². The summed E-state index contributed by atoms with van der Waals surface area (Å²) in [4.78, 5) is 11.8. The summed E-state index contributed by atoms with van der Waals surface area (Å²) in [7, 11) is 0. The van der Waals surface area contributed by atoms with Gasteiger partial charge in [0.05, 0.1) is 17.8 Å². The van der Waals surface area contributed by atoms with Crippen molar-refractivity contribution in [3.63, 3.8) is 0 Å². The zero-order valence-electron chi connectivity index (χ0n) is 9.99. The van der Waals surface area contributed by atoms with Gasteiger partial charge in [-0.15, -0.1) is 0 Å². The minimum Gasteiger partial charge on any atom is -0.397 e. The van der Waals surface area contributed by atoms with E-state index in [9.17, 15) is 9.18 Å². The van der Waals surface area contributed by atoms with Crippen molar-refractivity contribution in [3.8, 4) is 0 Å². The van der Waals surface area contributed by atoms with E-state index in [-0.39, 0.29) is 18.0 Å². The zero-order valence-corrected chi connectivity index (χ0v) is 10.7. The monoisotopic (exact) mass is 278 g/mol. The Morgan fingerprint density at radius 3 is 2.74 bits per heavy atom. The highest BCUT2D eigenvalue weighted by atomic mass is 35.5. The summed E-state index contributed by atoms with van der Waals surface area (Å²) in [6.45, 7) is 0. The van der Waals surface area contributed by atoms with Crippen LogP contribution in [-0.4, -0.2) is 5.91 Å². The molecule has 0 saturated carbocycles. The molecule has 19 heavy (non-hydrogen) atoms. The largest absolute Gasteiger partial charge is 0.397 e. The summed E-state index contributed by atoms with van der Waals surface area (Å²) >= 11 is 5.96. The molecule has 0 radical (unpaired) electrons. The highest BCUT2D eigenvalue weighted by molar-refractivity contribution is 6.31. The molecule has 0 aliphatic rings. The van der Waals surface area contributed by atoms with Gasteiger partial charge in [0.1, 0.15) is 5.82 Å². The summed E-state index contributed by atoms with van der Waals surface area (Å²) in [5.74, 6) is -0.757. The predicted molar refractivity (Wildman–Crippen MR) is 74.6 cm³/mol. The SMILES string of the molecule is Nc1ccc(F)cc1NC(=O)Cc1ccccc1Cl. The van der Waals surface area contributed by atoms with Gasteiger partial charge in [0, 0.05) is 5.02 Å². The fraction of sp³-hybridized carbons (Fsp3) is 0.0714. The number of nitrogen functional groups attached to an aromatic ring is 1. The second-order valence-corrected chi connectivity index (χ2v) is 4.46. The number of halogens is 2. The Bertz CT molecular complexity index is 616. The Balaban J connectivity index is 2.10. The number of rotatable bonds is 3. The van der Waals surface area contributed by atoms with Crippen molar-refractivity contribution < 1.29 is 9.18 Å². The standard InChI is InChI=1S/C14H12ClFN2O/c15-11-4-2-1-3-9(11)7-14(19)18-13-8-10(16)5-6-12(13)17/h1-6,8H,7,17H2,(H,18,19). The second kappa shape index (κ2) is 5.71. The van der Waals surface area contributed by atoms with Crippen molar-refractivity contribution in [1.29, 1.82) is 0 Å². The first-order valence-electron chi connectivity index (χ1n) is 5.64. The van der Waals surface area contributed by atoms with E-state index in [4.69, 9.17) is 17.3 Å². The van der Waals surface area contributed by atoms with Crippen LogP contribution >= 0.6 is 11.6 Å². The molecule has 3 N–H and O–H groups in total. The van der Waals surface area contributed by atoms with E-state index in [2.05, 4.69) is 5.32 Å². The Morgan fingerprint density at radius 2 is 2.00 bits per heavy atom. The van der Waals surface area contributed by atoms with Crippen molar-refractivity contribution in [2.75, 3.05) is 11.1 Å². The lowest BCUT2D eigenvalue weighted by atomic mass is 10.1. The van der Waals surface area contributed by atoms with Crippen LogP contribution in [0.4, 0.5) is 15.8 Å². The zero-order chi connectivity index (χ0) is 13.8. The van der Waals surface area contributed by atoms with Crippen LogP contribution in [-0.2, 0) is 11.2 Å². The topological polar surface area (TPSA) is 55.1 Å². The summed E-state index contributed by atoms with van der Waals surface area (Å²) in [5.41, 5.74) is 6.93. The summed E-state index contributed by atoms with van der Waals surface area (Å²) in [6.07, 6.45) is 0.107. The number of carbonyl (C=O) groups excluding carboxylic acids is 1. The lowest BCUT2D eigenvalue weighted by molar-refractivity contribution is -0.115. The molecule has 3 nitrogen and oxygen atoms in total. The van der Waals surface area contributed by atoms with Gasteiger partial charge in [-0.3, -0.25) is 4.79 Å². The fourth-order valence-corrected chi connectivity index (χ4v) is 1.85. The molecule has 0 fully saturated rings.